The number of hydrogen-bond acceptors (Lipinski definition) is 6. The van der Waals surface area contributed by atoms with E-state index in [-0.39, 0.29) is 37.5 Å². The Hall–Kier alpha value is -4.19. The van der Waals surface area contributed by atoms with E-state index in [1.54, 1.807) is 0 Å². The number of hydrogen-bond donors (Lipinski definition) is 0. The molecule has 0 amide bonds. The van der Waals surface area contributed by atoms with E-state index >= 15 is 0 Å². The van der Waals surface area contributed by atoms with Crippen LogP contribution in [-0.4, -0.2) is 37.2 Å². The summed E-state index contributed by atoms with van der Waals surface area (Å²) < 4.78 is 16.9. The first-order valence-electron chi connectivity index (χ1n) is 34.5. The van der Waals surface area contributed by atoms with Gasteiger partial charge in [-0.05, 0) is 109 Å². The fourth-order valence-electron chi connectivity index (χ4n) is 9.56. The van der Waals surface area contributed by atoms with Gasteiger partial charge in [-0.3, -0.25) is 14.4 Å². The molecule has 6 nitrogen and oxygen atoms in total. The largest absolute Gasteiger partial charge is 0.462 e. The van der Waals surface area contributed by atoms with Gasteiger partial charge in [-0.2, -0.15) is 0 Å². The van der Waals surface area contributed by atoms with E-state index in [0.717, 1.165) is 103 Å². The maximum Gasteiger partial charge on any atom is 0.306 e. The van der Waals surface area contributed by atoms with Crippen LogP contribution in [0.1, 0.15) is 323 Å². The van der Waals surface area contributed by atoms with Crippen molar-refractivity contribution in [3.05, 3.63) is 122 Å². The summed E-state index contributed by atoms with van der Waals surface area (Å²) in [6.45, 7) is 6.50. The highest BCUT2D eigenvalue weighted by atomic mass is 16.6. The van der Waals surface area contributed by atoms with Crippen molar-refractivity contribution < 1.29 is 28.6 Å². The molecule has 0 rings (SSSR count). The average molecular weight is 1140 g/mol. The zero-order valence-corrected chi connectivity index (χ0v) is 53.7. The lowest BCUT2D eigenvalue weighted by atomic mass is 10.0. The lowest BCUT2D eigenvalue weighted by Crippen LogP contribution is -2.30. The topological polar surface area (TPSA) is 78.9 Å². The van der Waals surface area contributed by atoms with Gasteiger partial charge in [0.05, 0.1) is 0 Å². The number of carbonyl (C=O) groups excluding carboxylic acids is 3. The van der Waals surface area contributed by atoms with Gasteiger partial charge in [0.1, 0.15) is 13.2 Å². The molecular formula is C76H128O6. The number of allylic oxidation sites excluding steroid dienone is 20. The van der Waals surface area contributed by atoms with Crippen LogP contribution in [0.2, 0.25) is 0 Å². The number of unbranched alkanes of at least 4 members (excludes halogenated alkanes) is 31. The Morgan fingerprint density at radius 2 is 0.488 bits per heavy atom. The minimum absolute atomic E-state index is 0.101. The summed E-state index contributed by atoms with van der Waals surface area (Å²) in [6, 6.07) is 0. The fraction of sp³-hybridized carbons (Fsp3) is 0.697. The fourth-order valence-corrected chi connectivity index (χ4v) is 9.56. The van der Waals surface area contributed by atoms with Crippen molar-refractivity contribution in [2.24, 2.45) is 0 Å². The molecule has 0 heterocycles. The molecule has 0 aromatic rings. The maximum atomic E-state index is 12.9. The Morgan fingerprint density at radius 1 is 0.256 bits per heavy atom. The van der Waals surface area contributed by atoms with Crippen molar-refractivity contribution in [1.29, 1.82) is 0 Å². The van der Waals surface area contributed by atoms with Gasteiger partial charge in [-0.1, -0.05) is 316 Å². The van der Waals surface area contributed by atoms with Gasteiger partial charge >= 0.3 is 17.9 Å². The summed E-state index contributed by atoms with van der Waals surface area (Å²) in [4.78, 5) is 38.4. The van der Waals surface area contributed by atoms with Crippen molar-refractivity contribution in [2.75, 3.05) is 13.2 Å². The van der Waals surface area contributed by atoms with Gasteiger partial charge in [0, 0.05) is 19.3 Å². The van der Waals surface area contributed by atoms with Crippen LogP contribution in [-0.2, 0) is 28.6 Å². The van der Waals surface area contributed by atoms with Crippen LogP contribution in [0.4, 0.5) is 0 Å². The smallest absolute Gasteiger partial charge is 0.306 e. The molecule has 0 aliphatic heterocycles. The van der Waals surface area contributed by atoms with Crippen molar-refractivity contribution in [3.63, 3.8) is 0 Å². The van der Waals surface area contributed by atoms with Gasteiger partial charge in [0.15, 0.2) is 6.10 Å². The van der Waals surface area contributed by atoms with Gasteiger partial charge in [0.25, 0.3) is 0 Å². The molecule has 1 atom stereocenters. The molecular weight excluding hydrogens is 1010 g/mol. The highest BCUT2D eigenvalue weighted by Crippen LogP contribution is 2.16. The molecule has 0 aromatic heterocycles. The molecule has 0 saturated carbocycles. The minimum atomic E-state index is -0.812. The first-order chi connectivity index (χ1) is 40.5. The predicted molar refractivity (Wildman–Crippen MR) is 357 cm³/mol. The second-order valence-electron chi connectivity index (χ2n) is 22.7. The number of ether oxygens (including phenoxy) is 3. The Morgan fingerprint density at radius 3 is 0.780 bits per heavy atom. The number of esters is 3. The molecule has 0 radical (unpaired) electrons. The highest BCUT2D eigenvalue weighted by Gasteiger charge is 2.19. The minimum Gasteiger partial charge on any atom is -0.462 e. The van der Waals surface area contributed by atoms with Gasteiger partial charge in [0.2, 0.25) is 0 Å². The summed E-state index contributed by atoms with van der Waals surface area (Å²) in [6.07, 6.45) is 96.5. The van der Waals surface area contributed by atoms with E-state index in [4.69, 9.17) is 14.2 Å². The molecule has 0 fully saturated rings. The summed E-state index contributed by atoms with van der Waals surface area (Å²) in [5.74, 6) is -0.953. The number of rotatable bonds is 62. The second kappa shape index (κ2) is 69.3. The number of carbonyl (C=O) groups is 3. The zero-order chi connectivity index (χ0) is 59.2. The van der Waals surface area contributed by atoms with Crippen LogP contribution in [0.3, 0.4) is 0 Å². The molecule has 0 spiro atoms. The predicted octanol–water partition coefficient (Wildman–Crippen LogP) is 23.9. The van der Waals surface area contributed by atoms with E-state index in [0.29, 0.717) is 19.3 Å². The molecule has 1 unspecified atom stereocenters. The maximum absolute atomic E-state index is 12.9. The average Bonchev–Trinajstić information content (AvgIpc) is 3.47. The Labute approximate surface area is 507 Å². The standard InChI is InChI=1S/C76H128O6/c1-4-7-10-13-16-19-22-25-28-30-32-34-36-37-38-39-41-42-44-46-48-51-54-57-60-63-66-69-75(78)81-72-73(71-80-74(77)68-65-62-59-56-53-50-27-24-21-18-15-12-9-6-3)82-76(79)70-67-64-61-58-55-52-49-47-45-43-40-35-33-31-29-26-23-20-17-14-11-8-5-2/h8,11,17,20,22,25-26,29-30,32-33,35-37,43,45,49,52,58,61,73H,4-7,9-10,12-16,18-19,21,23-24,27-28,31,34,38-42,44,46-48,50-51,53-57,59-60,62-72H2,1-3H3/b11-8-,20-17-,25-22-,29-26-,32-30-,35-33-,37-36-,45-43-,52-49-,61-58-. The molecule has 0 saturated heterocycles. The zero-order valence-electron chi connectivity index (χ0n) is 53.7. The summed E-state index contributed by atoms with van der Waals surface area (Å²) >= 11 is 0. The van der Waals surface area contributed by atoms with E-state index in [2.05, 4.69) is 142 Å². The van der Waals surface area contributed by atoms with E-state index in [9.17, 15) is 14.4 Å². The quantitative estimate of drug-likeness (QED) is 0.0261. The van der Waals surface area contributed by atoms with Gasteiger partial charge < -0.3 is 14.2 Å². The molecule has 0 aliphatic rings. The van der Waals surface area contributed by atoms with Crippen molar-refractivity contribution >= 4 is 17.9 Å². The molecule has 0 aliphatic carbocycles. The van der Waals surface area contributed by atoms with E-state index in [1.807, 2.05) is 0 Å². The normalized spacial score (nSPS) is 12.9. The lowest BCUT2D eigenvalue weighted by molar-refractivity contribution is -0.167. The van der Waals surface area contributed by atoms with Crippen LogP contribution in [0.15, 0.2) is 122 Å². The Bertz CT molecular complexity index is 1690. The van der Waals surface area contributed by atoms with Crippen LogP contribution in [0.5, 0.6) is 0 Å². The van der Waals surface area contributed by atoms with Crippen LogP contribution < -0.4 is 0 Å². The summed E-state index contributed by atoms with van der Waals surface area (Å²) in [5, 5.41) is 0. The molecule has 0 N–H and O–H groups in total. The molecule has 0 bridgehead atoms. The van der Waals surface area contributed by atoms with Crippen molar-refractivity contribution in [3.8, 4) is 0 Å². The first-order valence-corrected chi connectivity index (χ1v) is 34.5. The van der Waals surface area contributed by atoms with E-state index < -0.39 is 6.10 Å². The Balaban J connectivity index is 4.41. The molecule has 82 heavy (non-hydrogen) atoms. The van der Waals surface area contributed by atoms with Crippen molar-refractivity contribution in [2.45, 2.75) is 329 Å². The molecule has 0 aromatic carbocycles. The first kappa shape index (κ1) is 77.8. The second-order valence-corrected chi connectivity index (χ2v) is 22.7. The van der Waals surface area contributed by atoms with Crippen LogP contribution in [0, 0.1) is 0 Å². The van der Waals surface area contributed by atoms with Crippen LogP contribution >= 0.6 is 0 Å². The van der Waals surface area contributed by atoms with Gasteiger partial charge in [-0.25, -0.2) is 0 Å². The molecule has 6 heteroatoms. The highest BCUT2D eigenvalue weighted by molar-refractivity contribution is 5.71. The SMILES string of the molecule is CC/C=C\C/C=C\C/C=C\C/C=C\C/C=C\C/C=C\C/C=C\CCCC(=O)OC(COC(=O)CCCCCCCCCCCCCC/C=C\C/C=C\C/C=C\CCCCCCC)COC(=O)CCCCCCCCCCCCCCCC. The van der Waals surface area contributed by atoms with Crippen LogP contribution in [0.25, 0.3) is 0 Å². The Kier molecular flexibility index (Phi) is 65.8. The van der Waals surface area contributed by atoms with Crippen molar-refractivity contribution in [1.82, 2.24) is 0 Å². The third-order valence-corrected chi connectivity index (χ3v) is 14.7. The van der Waals surface area contributed by atoms with E-state index in [1.165, 1.54) is 173 Å². The van der Waals surface area contributed by atoms with Gasteiger partial charge in [-0.15, -0.1) is 0 Å². The third kappa shape index (κ3) is 66.6. The third-order valence-electron chi connectivity index (χ3n) is 14.7. The monoisotopic (exact) mass is 1140 g/mol. The lowest BCUT2D eigenvalue weighted by Gasteiger charge is -2.18. The summed E-state index contributed by atoms with van der Waals surface area (Å²) in [5.41, 5.74) is 0. The molecule has 468 valence electrons. The summed E-state index contributed by atoms with van der Waals surface area (Å²) in [7, 11) is 0.